The highest BCUT2D eigenvalue weighted by Crippen LogP contribution is 2.20. The second-order valence-corrected chi connectivity index (χ2v) is 3.79. The minimum atomic E-state index is -0.297. The van der Waals surface area contributed by atoms with Gasteiger partial charge in [0.15, 0.2) is 0 Å². The number of halogens is 1. The Morgan fingerprint density at radius 1 is 1.38 bits per heavy atom. The number of hydrogen-bond donors (Lipinski definition) is 1. The molecule has 0 radical (unpaired) electrons. The van der Waals surface area contributed by atoms with Gasteiger partial charge in [0, 0.05) is 12.2 Å². The van der Waals surface area contributed by atoms with Crippen LogP contribution in [0, 0.1) is 19.7 Å². The van der Waals surface area contributed by atoms with Gasteiger partial charge in [-0.1, -0.05) is 12.1 Å². The lowest BCUT2D eigenvalue weighted by Gasteiger charge is -2.10. The molecule has 2 aromatic rings. The molecular weight excluding hydrogens is 205 g/mol. The maximum absolute atomic E-state index is 13.8. The lowest BCUT2D eigenvalue weighted by molar-refractivity contribution is 0.604. The first kappa shape index (κ1) is 10.8. The van der Waals surface area contributed by atoms with Gasteiger partial charge in [0.25, 0.3) is 0 Å². The molecule has 0 unspecified atom stereocenters. The molecule has 0 spiro atoms. The molecule has 4 heteroatoms. The lowest BCUT2D eigenvalue weighted by Crippen LogP contribution is -2.09. The minimum absolute atomic E-state index is 0.297. The Bertz CT molecular complexity index is 517. The molecule has 0 bridgehead atoms. The maximum atomic E-state index is 13.8. The molecule has 0 aliphatic carbocycles. The number of rotatable bonds is 2. The molecule has 2 rings (SSSR count). The molecule has 0 atom stereocenters. The summed E-state index contributed by atoms with van der Waals surface area (Å²) in [4.78, 5) is 0. The quantitative estimate of drug-likeness (QED) is 0.840. The standard InChI is InChI=1S/C12H14FN3/c1-8-6-9(2)16(15-8)12-10(7-14)4-3-5-11(12)13/h3-6H,7,14H2,1-2H3. The summed E-state index contributed by atoms with van der Waals surface area (Å²) in [5.41, 5.74) is 8.58. The van der Waals surface area contributed by atoms with E-state index in [1.165, 1.54) is 6.07 Å². The predicted octanol–water partition coefficient (Wildman–Crippen LogP) is 2.09. The van der Waals surface area contributed by atoms with Crippen molar-refractivity contribution < 1.29 is 4.39 Å². The molecule has 1 heterocycles. The Labute approximate surface area is 93.7 Å². The van der Waals surface area contributed by atoms with E-state index in [2.05, 4.69) is 5.10 Å². The highest BCUT2D eigenvalue weighted by molar-refractivity contribution is 5.43. The van der Waals surface area contributed by atoms with Gasteiger partial charge in [-0.15, -0.1) is 0 Å². The van der Waals surface area contributed by atoms with Crippen molar-refractivity contribution in [3.05, 3.63) is 47.0 Å². The van der Waals surface area contributed by atoms with Gasteiger partial charge >= 0.3 is 0 Å². The summed E-state index contributed by atoms with van der Waals surface area (Å²) in [6.07, 6.45) is 0. The van der Waals surface area contributed by atoms with E-state index in [-0.39, 0.29) is 5.82 Å². The number of nitrogens with two attached hydrogens (primary N) is 1. The molecule has 84 valence electrons. The number of aryl methyl sites for hydroxylation is 2. The minimum Gasteiger partial charge on any atom is -0.326 e. The molecule has 1 aromatic carbocycles. The summed E-state index contributed by atoms with van der Waals surface area (Å²) in [7, 11) is 0. The van der Waals surface area contributed by atoms with Crippen molar-refractivity contribution >= 4 is 0 Å². The SMILES string of the molecule is Cc1cc(C)n(-c2c(F)cccc2CN)n1. The predicted molar refractivity (Wildman–Crippen MR) is 60.9 cm³/mol. The fourth-order valence-electron chi connectivity index (χ4n) is 1.82. The fourth-order valence-corrected chi connectivity index (χ4v) is 1.82. The molecule has 2 N–H and O–H groups in total. The zero-order valence-electron chi connectivity index (χ0n) is 9.37. The summed E-state index contributed by atoms with van der Waals surface area (Å²) >= 11 is 0. The molecule has 0 aliphatic rings. The van der Waals surface area contributed by atoms with E-state index in [0.29, 0.717) is 12.2 Å². The maximum Gasteiger partial charge on any atom is 0.149 e. The monoisotopic (exact) mass is 219 g/mol. The lowest BCUT2D eigenvalue weighted by atomic mass is 10.1. The Morgan fingerprint density at radius 2 is 2.12 bits per heavy atom. The Balaban J connectivity index is 2.67. The van der Waals surface area contributed by atoms with Crippen LogP contribution in [0.1, 0.15) is 17.0 Å². The second-order valence-electron chi connectivity index (χ2n) is 3.79. The van der Waals surface area contributed by atoms with Crippen LogP contribution in [-0.2, 0) is 6.54 Å². The van der Waals surface area contributed by atoms with E-state index in [1.807, 2.05) is 26.0 Å². The summed E-state index contributed by atoms with van der Waals surface area (Å²) in [5, 5.41) is 4.27. The summed E-state index contributed by atoms with van der Waals surface area (Å²) in [6, 6.07) is 6.80. The van der Waals surface area contributed by atoms with Crippen molar-refractivity contribution in [2.75, 3.05) is 0 Å². The van der Waals surface area contributed by atoms with E-state index in [1.54, 1.807) is 10.7 Å². The van der Waals surface area contributed by atoms with Gasteiger partial charge < -0.3 is 5.73 Å². The van der Waals surface area contributed by atoms with Gasteiger partial charge in [-0.05, 0) is 31.5 Å². The van der Waals surface area contributed by atoms with Crippen LogP contribution in [0.15, 0.2) is 24.3 Å². The summed E-state index contributed by atoms with van der Waals surface area (Å²) < 4.78 is 15.4. The van der Waals surface area contributed by atoms with Crippen LogP contribution in [0.3, 0.4) is 0 Å². The Morgan fingerprint density at radius 3 is 2.69 bits per heavy atom. The molecule has 0 amide bonds. The zero-order valence-corrected chi connectivity index (χ0v) is 9.37. The first-order chi connectivity index (χ1) is 7.63. The topological polar surface area (TPSA) is 43.8 Å². The normalized spacial score (nSPS) is 10.8. The first-order valence-electron chi connectivity index (χ1n) is 5.14. The van der Waals surface area contributed by atoms with Crippen LogP contribution in [0.2, 0.25) is 0 Å². The van der Waals surface area contributed by atoms with Crippen LogP contribution < -0.4 is 5.73 Å². The van der Waals surface area contributed by atoms with Crippen LogP contribution >= 0.6 is 0 Å². The third kappa shape index (κ3) is 1.72. The molecule has 0 saturated heterocycles. The van der Waals surface area contributed by atoms with E-state index < -0.39 is 0 Å². The molecule has 0 saturated carbocycles. The molecule has 1 aromatic heterocycles. The van der Waals surface area contributed by atoms with Gasteiger partial charge in [0.05, 0.1) is 5.69 Å². The van der Waals surface area contributed by atoms with Gasteiger partial charge in [-0.2, -0.15) is 5.10 Å². The number of nitrogens with zero attached hydrogens (tertiary/aromatic N) is 2. The molecule has 16 heavy (non-hydrogen) atoms. The average Bonchev–Trinajstić information content (AvgIpc) is 2.57. The summed E-state index contributed by atoms with van der Waals surface area (Å²) in [6.45, 7) is 4.07. The van der Waals surface area contributed by atoms with Crippen LogP contribution in [0.25, 0.3) is 5.69 Å². The van der Waals surface area contributed by atoms with Crippen LogP contribution in [-0.4, -0.2) is 9.78 Å². The van der Waals surface area contributed by atoms with Crippen molar-refractivity contribution in [1.82, 2.24) is 9.78 Å². The van der Waals surface area contributed by atoms with E-state index in [0.717, 1.165) is 17.0 Å². The van der Waals surface area contributed by atoms with Crippen molar-refractivity contribution in [2.24, 2.45) is 5.73 Å². The van der Waals surface area contributed by atoms with Crippen molar-refractivity contribution in [2.45, 2.75) is 20.4 Å². The van der Waals surface area contributed by atoms with E-state index in [4.69, 9.17) is 5.73 Å². The van der Waals surface area contributed by atoms with Crippen LogP contribution in [0.5, 0.6) is 0 Å². The third-order valence-electron chi connectivity index (χ3n) is 2.51. The highest BCUT2D eigenvalue weighted by Gasteiger charge is 2.12. The third-order valence-corrected chi connectivity index (χ3v) is 2.51. The van der Waals surface area contributed by atoms with Gasteiger partial charge in [0.1, 0.15) is 11.5 Å². The molecular formula is C12H14FN3. The number of hydrogen-bond acceptors (Lipinski definition) is 2. The number of aromatic nitrogens is 2. The zero-order chi connectivity index (χ0) is 11.7. The fraction of sp³-hybridized carbons (Fsp3) is 0.250. The van der Waals surface area contributed by atoms with Gasteiger partial charge in [-0.3, -0.25) is 0 Å². The number of para-hydroxylation sites is 1. The van der Waals surface area contributed by atoms with Crippen molar-refractivity contribution in [1.29, 1.82) is 0 Å². The summed E-state index contributed by atoms with van der Waals surface area (Å²) in [5.74, 6) is -0.297. The van der Waals surface area contributed by atoms with Gasteiger partial charge in [-0.25, -0.2) is 9.07 Å². The van der Waals surface area contributed by atoms with E-state index in [9.17, 15) is 4.39 Å². The smallest absolute Gasteiger partial charge is 0.149 e. The second kappa shape index (κ2) is 4.06. The largest absolute Gasteiger partial charge is 0.326 e. The molecule has 0 aliphatic heterocycles. The van der Waals surface area contributed by atoms with Crippen molar-refractivity contribution in [3.8, 4) is 5.69 Å². The average molecular weight is 219 g/mol. The first-order valence-corrected chi connectivity index (χ1v) is 5.14. The molecule has 3 nitrogen and oxygen atoms in total. The molecule has 0 fully saturated rings. The van der Waals surface area contributed by atoms with Gasteiger partial charge in [0.2, 0.25) is 0 Å². The highest BCUT2D eigenvalue weighted by atomic mass is 19.1. The van der Waals surface area contributed by atoms with E-state index >= 15 is 0 Å². The number of benzene rings is 1. The van der Waals surface area contributed by atoms with Crippen molar-refractivity contribution in [3.63, 3.8) is 0 Å². The Kier molecular flexibility index (Phi) is 2.75. The van der Waals surface area contributed by atoms with Crippen LogP contribution in [0.4, 0.5) is 4.39 Å². The Hall–Kier alpha value is -1.68.